The average Bonchev–Trinajstić information content (AvgIpc) is 2.58. The zero-order chi connectivity index (χ0) is 20.3. The van der Waals surface area contributed by atoms with E-state index in [1.165, 1.54) is 22.3 Å². The van der Waals surface area contributed by atoms with Crippen LogP contribution in [-0.4, -0.2) is 9.97 Å². The first kappa shape index (κ1) is 20.4. The molecule has 3 nitrogen and oxygen atoms in total. The SMILES string of the molecule is Cc1cc(C)cc(Oc2cc(C)nc(SCc3ccc(C(C)(C)C)cc3)n2)c1. The maximum absolute atomic E-state index is 6.00. The number of aryl methyl sites for hydroxylation is 3. The van der Waals surface area contributed by atoms with Gasteiger partial charge in [0, 0.05) is 17.5 Å². The fourth-order valence-corrected chi connectivity index (χ4v) is 3.84. The minimum absolute atomic E-state index is 0.172. The van der Waals surface area contributed by atoms with E-state index in [0.29, 0.717) is 5.88 Å². The van der Waals surface area contributed by atoms with Crippen molar-refractivity contribution in [2.75, 3.05) is 0 Å². The van der Waals surface area contributed by atoms with Gasteiger partial charge in [-0.3, -0.25) is 0 Å². The molecular weight excluding hydrogens is 364 g/mol. The van der Waals surface area contributed by atoms with Crippen molar-refractivity contribution in [1.82, 2.24) is 9.97 Å². The molecule has 28 heavy (non-hydrogen) atoms. The number of aromatic nitrogens is 2. The van der Waals surface area contributed by atoms with Crippen LogP contribution in [0.3, 0.4) is 0 Å². The Balaban J connectivity index is 1.71. The predicted octanol–water partition coefficient (Wildman–Crippen LogP) is 6.78. The number of benzene rings is 2. The Bertz CT molecular complexity index is 939. The highest BCUT2D eigenvalue weighted by molar-refractivity contribution is 7.98. The van der Waals surface area contributed by atoms with E-state index in [9.17, 15) is 0 Å². The third kappa shape index (κ3) is 5.59. The van der Waals surface area contributed by atoms with Crippen LogP contribution in [0.25, 0.3) is 0 Å². The van der Waals surface area contributed by atoms with Gasteiger partial charge in [0.25, 0.3) is 0 Å². The Kier molecular flexibility index (Phi) is 6.09. The van der Waals surface area contributed by atoms with E-state index in [4.69, 9.17) is 4.74 Å². The Morgan fingerprint density at radius 1 is 0.857 bits per heavy atom. The second-order valence-corrected chi connectivity index (χ2v) is 9.23. The number of thioether (sulfide) groups is 1. The molecular formula is C24H28N2OS. The molecule has 0 N–H and O–H groups in total. The molecule has 1 heterocycles. The third-order valence-electron chi connectivity index (χ3n) is 4.42. The number of nitrogens with zero attached hydrogens (tertiary/aromatic N) is 2. The Hall–Kier alpha value is -2.33. The summed E-state index contributed by atoms with van der Waals surface area (Å²) in [5.74, 6) is 2.23. The lowest BCUT2D eigenvalue weighted by Crippen LogP contribution is -2.10. The smallest absolute Gasteiger partial charge is 0.223 e. The van der Waals surface area contributed by atoms with Crippen LogP contribution in [0.4, 0.5) is 0 Å². The summed E-state index contributed by atoms with van der Waals surface area (Å²) >= 11 is 1.63. The van der Waals surface area contributed by atoms with Gasteiger partial charge in [-0.1, -0.05) is 62.9 Å². The molecule has 0 aliphatic rings. The number of rotatable bonds is 5. The van der Waals surface area contributed by atoms with Gasteiger partial charge < -0.3 is 4.74 Å². The largest absolute Gasteiger partial charge is 0.439 e. The molecule has 0 radical (unpaired) electrons. The predicted molar refractivity (Wildman–Crippen MR) is 117 cm³/mol. The van der Waals surface area contributed by atoms with Crippen LogP contribution in [0.5, 0.6) is 11.6 Å². The van der Waals surface area contributed by atoms with Gasteiger partial charge in [0.05, 0.1) is 0 Å². The van der Waals surface area contributed by atoms with Crippen LogP contribution in [0.15, 0.2) is 53.7 Å². The van der Waals surface area contributed by atoms with E-state index >= 15 is 0 Å². The van der Waals surface area contributed by atoms with Crippen molar-refractivity contribution in [3.8, 4) is 11.6 Å². The maximum Gasteiger partial charge on any atom is 0.223 e. The second kappa shape index (κ2) is 8.36. The minimum Gasteiger partial charge on any atom is -0.439 e. The van der Waals surface area contributed by atoms with Crippen molar-refractivity contribution in [2.24, 2.45) is 0 Å². The molecule has 3 rings (SSSR count). The van der Waals surface area contributed by atoms with Crippen LogP contribution in [0.2, 0.25) is 0 Å². The third-order valence-corrected chi connectivity index (χ3v) is 5.33. The van der Waals surface area contributed by atoms with Gasteiger partial charge >= 0.3 is 0 Å². The molecule has 4 heteroatoms. The van der Waals surface area contributed by atoms with Gasteiger partial charge in [0.15, 0.2) is 5.16 Å². The van der Waals surface area contributed by atoms with Gasteiger partial charge in [0.2, 0.25) is 5.88 Å². The van der Waals surface area contributed by atoms with Crippen molar-refractivity contribution >= 4 is 11.8 Å². The number of hydrogen-bond donors (Lipinski definition) is 0. The average molecular weight is 393 g/mol. The first-order chi connectivity index (χ1) is 13.2. The van der Waals surface area contributed by atoms with Gasteiger partial charge in [-0.25, -0.2) is 4.98 Å². The molecule has 0 saturated heterocycles. The summed E-state index contributed by atoms with van der Waals surface area (Å²) in [5.41, 5.74) is 6.03. The van der Waals surface area contributed by atoms with E-state index in [-0.39, 0.29) is 5.41 Å². The topological polar surface area (TPSA) is 35.0 Å². The van der Waals surface area contributed by atoms with E-state index in [2.05, 4.69) is 74.9 Å². The van der Waals surface area contributed by atoms with E-state index in [1.54, 1.807) is 11.8 Å². The van der Waals surface area contributed by atoms with Crippen molar-refractivity contribution in [3.63, 3.8) is 0 Å². The van der Waals surface area contributed by atoms with Crippen LogP contribution in [0, 0.1) is 20.8 Å². The molecule has 2 aromatic carbocycles. The Labute approximate surface area is 172 Å². The molecule has 0 aliphatic heterocycles. The molecule has 1 aromatic heterocycles. The summed E-state index contributed by atoms with van der Waals surface area (Å²) in [6.45, 7) is 12.8. The lowest BCUT2D eigenvalue weighted by atomic mass is 9.87. The minimum atomic E-state index is 0.172. The monoisotopic (exact) mass is 392 g/mol. The van der Waals surface area contributed by atoms with Crippen molar-refractivity contribution in [2.45, 2.75) is 57.9 Å². The molecule has 3 aromatic rings. The summed E-state index contributed by atoms with van der Waals surface area (Å²) in [7, 11) is 0. The van der Waals surface area contributed by atoms with E-state index in [0.717, 1.165) is 22.4 Å². The first-order valence-electron chi connectivity index (χ1n) is 9.53. The summed E-state index contributed by atoms with van der Waals surface area (Å²) in [6, 6.07) is 16.8. The molecule has 0 atom stereocenters. The maximum atomic E-state index is 6.00. The highest BCUT2D eigenvalue weighted by Crippen LogP contribution is 2.27. The Morgan fingerprint density at radius 2 is 1.50 bits per heavy atom. The molecule has 0 spiro atoms. The molecule has 0 bridgehead atoms. The second-order valence-electron chi connectivity index (χ2n) is 8.29. The standard InChI is InChI=1S/C24H28N2OS/c1-16-11-17(2)13-21(12-16)27-22-14-18(3)25-23(26-22)28-15-19-7-9-20(10-8-19)24(4,5)6/h7-14H,15H2,1-6H3. The fourth-order valence-electron chi connectivity index (χ4n) is 2.99. The lowest BCUT2D eigenvalue weighted by molar-refractivity contribution is 0.454. The number of hydrogen-bond acceptors (Lipinski definition) is 4. The highest BCUT2D eigenvalue weighted by atomic mass is 32.2. The van der Waals surface area contributed by atoms with Gasteiger partial charge in [-0.2, -0.15) is 4.98 Å². The first-order valence-corrected chi connectivity index (χ1v) is 10.5. The fraction of sp³-hybridized carbons (Fsp3) is 0.333. The summed E-state index contributed by atoms with van der Waals surface area (Å²) in [4.78, 5) is 9.14. The van der Waals surface area contributed by atoms with Gasteiger partial charge in [-0.05, 0) is 60.6 Å². The van der Waals surface area contributed by atoms with Crippen LogP contribution < -0.4 is 4.74 Å². The molecule has 0 fully saturated rings. The normalized spacial score (nSPS) is 11.5. The van der Waals surface area contributed by atoms with Crippen LogP contribution in [-0.2, 0) is 11.2 Å². The zero-order valence-corrected chi connectivity index (χ0v) is 18.4. The van der Waals surface area contributed by atoms with Gasteiger partial charge in [-0.15, -0.1) is 0 Å². The Morgan fingerprint density at radius 3 is 2.11 bits per heavy atom. The van der Waals surface area contributed by atoms with Crippen LogP contribution >= 0.6 is 11.8 Å². The summed E-state index contributed by atoms with van der Waals surface area (Å²) < 4.78 is 6.00. The lowest BCUT2D eigenvalue weighted by Gasteiger charge is -2.19. The molecule has 0 unspecified atom stereocenters. The van der Waals surface area contributed by atoms with E-state index < -0.39 is 0 Å². The molecule has 0 saturated carbocycles. The highest BCUT2D eigenvalue weighted by Gasteiger charge is 2.13. The zero-order valence-electron chi connectivity index (χ0n) is 17.5. The summed E-state index contributed by atoms with van der Waals surface area (Å²) in [6.07, 6.45) is 0. The van der Waals surface area contributed by atoms with E-state index in [1.807, 2.05) is 25.1 Å². The van der Waals surface area contributed by atoms with Crippen molar-refractivity contribution in [1.29, 1.82) is 0 Å². The summed E-state index contributed by atoms with van der Waals surface area (Å²) in [5, 5.41) is 0.735. The van der Waals surface area contributed by atoms with Crippen molar-refractivity contribution < 1.29 is 4.74 Å². The van der Waals surface area contributed by atoms with Crippen LogP contribution in [0.1, 0.15) is 48.7 Å². The molecule has 146 valence electrons. The number of ether oxygens (including phenoxy) is 1. The quantitative estimate of drug-likeness (QED) is 0.354. The van der Waals surface area contributed by atoms with Crippen molar-refractivity contribution in [3.05, 3.63) is 76.5 Å². The van der Waals surface area contributed by atoms with Gasteiger partial charge in [0.1, 0.15) is 5.75 Å². The molecule has 0 amide bonds. The molecule has 0 aliphatic carbocycles.